The molecular weight excluding hydrogens is 334 g/mol. The Hall–Kier alpha value is -1.51. The molecule has 3 aliphatic rings. The average Bonchev–Trinajstić information content (AvgIpc) is 3.36. The maximum atomic E-state index is 12.3. The van der Waals surface area contributed by atoms with E-state index in [-0.39, 0.29) is 11.8 Å². The molecule has 8 nitrogen and oxygen atoms in total. The first-order valence-corrected chi connectivity index (χ1v) is 9.70. The molecule has 2 atom stereocenters. The van der Waals surface area contributed by atoms with Crippen LogP contribution in [0.3, 0.4) is 0 Å². The van der Waals surface area contributed by atoms with Gasteiger partial charge in [0.1, 0.15) is 18.8 Å². The van der Waals surface area contributed by atoms with E-state index in [0.29, 0.717) is 13.0 Å². The van der Waals surface area contributed by atoms with Crippen LogP contribution in [0.2, 0.25) is 0 Å². The molecule has 26 heavy (non-hydrogen) atoms. The number of piperidine rings is 1. The maximum Gasteiger partial charge on any atom is 0.223 e. The highest BCUT2D eigenvalue weighted by Gasteiger charge is 2.54. The number of nitrogens with one attached hydrogen (secondary N) is 1. The number of hydrogen-bond donors (Lipinski definition) is 2. The number of ether oxygens (including phenoxy) is 1. The Morgan fingerprint density at radius 2 is 1.92 bits per heavy atom. The summed E-state index contributed by atoms with van der Waals surface area (Å²) in [4.78, 5) is 14.6. The summed E-state index contributed by atoms with van der Waals surface area (Å²) in [6.45, 7) is 6.11. The predicted octanol–water partition coefficient (Wildman–Crippen LogP) is 0.179. The minimum Gasteiger partial charge on any atom is -0.388 e. The van der Waals surface area contributed by atoms with Gasteiger partial charge < -0.3 is 24.6 Å². The van der Waals surface area contributed by atoms with Crippen LogP contribution in [0.25, 0.3) is 0 Å². The van der Waals surface area contributed by atoms with Gasteiger partial charge in [0.15, 0.2) is 0 Å². The summed E-state index contributed by atoms with van der Waals surface area (Å²) in [6, 6.07) is 0. The molecule has 1 spiro atoms. The summed E-state index contributed by atoms with van der Waals surface area (Å²) in [7, 11) is 0. The number of carbonyl (C=O) groups excluding carboxylic acids is 1. The van der Waals surface area contributed by atoms with E-state index in [1.165, 1.54) is 0 Å². The largest absolute Gasteiger partial charge is 0.388 e. The van der Waals surface area contributed by atoms with Crippen LogP contribution in [0.4, 0.5) is 0 Å². The van der Waals surface area contributed by atoms with E-state index in [4.69, 9.17) is 4.74 Å². The zero-order valence-electron chi connectivity index (χ0n) is 15.4. The smallest absolute Gasteiger partial charge is 0.223 e. The fourth-order valence-electron chi connectivity index (χ4n) is 4.29. The third-order valence-corrected chi connectivity index (χ3v) is 6.31. The molecule has 1 saturated carbocycles. The molecule has 0 radical (unpaired) electrons. The SMILES string of the molecule is C[C@]1(NC(=O)C2CC2)CCOC2(CCN(CCn3cnnc3)CC2)[C@@H]1O. The molecule has 8 heteroatoms. The van der Waals surface area contributed by atoms with Gasteiger partial charge in [0.2, 0.25) is 5.91 Å². The van der Waals surface area contributed by atoms with Crippen molar-refractivity contribution in [3.05, 3.63) is 12.7 Å². The molecule has 4 rings (SSSR count). The maximum absolute atomic E-state index is 12.3. The summed E-state index contributed by atoms with van der Waals surface area (Å²) in [5.41, 5.74) is -1.14. The Balaban J connectivity index is 1.35. The predicted molar refractivity (Wildman–Crippen MR) is 94.3 cm³/mol. The Bertz CT molecular complexity index is 625. The number of nitrogens with zero attached hydrogens (tertiary/aromatic N) is 4. The van der Waals surface area contributed by atoms with Crippen LogP contribution < -0.4 is 5.32 Å². The molecule has 3 fully saturated rings. The second kappa shape index (κ2) is 6.90. The fourth-order valence-corrected chi connectivity index (χ4v) is 4.29. The van der Waals surface area contributed by atoms with E-state index in [2.05, 4.69) is 20.4 Å². The second-order valence-corrected chi connectivity index (χ2v) is 8.29. The number of carbonyl (C=O) groups is 1. The Labute approximate surface area is 153 Å². The van der Waals surface area contributed by atoms with Gasteiger partial charge in [-0.25, -0.2) is 0 Å². The minimum atomic E-state index is -0.675. The number of aliphatic hydroxyl groups is 1. The molecule has 1 amide bonds. The minimum absolute atomic E-state index is 0.0926. The van der Waals surface area contributed by atoms with Crippen LogP contribution >= 0.6 is 0 Å². The molecule has 1 aromatic heterocycles. The standard InChI is InChI=1S/C18H29N5O3/c1-17(21-15(24)14-2-3-14)6-11-26-18(16(17)25)4-7-22(8-5-18)9-10-23-12-19-20-13-23/h12-14,16,25H,2-11H2,1H3,(H,21,24)/t16-,17+/m1/s1. The molecule has 2 N–H and O–H groups in total. The quantitative estimate of drug-likeness (QED) is 0.775. The van der Waals surface area contributed by atoms with Crippen molar-refractivity contribution in [2.24, 2.45) is 5.92 Å². The third-order valence-electron chi connectivity index (χ3n) is 6.31. The molecule has 3 heterocycles. The molecule has 0 aromatic carbocycles. The van der Waals surface area contributed by atoms with Crippen molar-refractivity contribution in [2.45, 2.75) is 62.8 Å². The van der Waals surface area contributed by atoms with E-state index in [1.54, 1.807) is 12.7 Å². The Morgan fingerprint density at radius 3 is 2.58 bits per heavy atom. The van der Waals surface area contributed by atoms with Crippen molar-refractivity contribution in [1.82, 2.24) is 25.0 Å². The summed E-state index contributed by atoms with van der Waals surface area (Å²) >= 11 is 0. The monoisotopic (exact) mass is 363 g/mol. The second-order valence-electron chi connectivity index (χ2n) is 8.29. The average molecular weight is 363 g/mol. The molecule has 1 aliphatic carbocycles. The van der Waals surface area contributed by atoms with Crippen LogP contribution in [0.1, 0.15) is 39.0 Å². The number of aromatic nitrogens is 3. The molecule has 1 aromatic rings. The Kier molecular flexibility index (Phi) is 4.75. The first-order valence-electron chi connectivity index (χ1n) is 9.70. The molecule has 0 bridgehead atoms. The molecule has 2 aliphatic heterocycles. The van der Waals surface area contributed by atoms with Gasteiger partial charge in [0, 0.05) is 38.7 Å². The van der Waals surface area contributed by atoms with Gasteiger partial charge in [-0.3, -0.25) is 4.79 Å². The molecule has 0 unspecified atom stereocenters. The van der Waals surface area contributed by atoms with Crippen molar-refractivity contribution in [3.8, 4) is 0 Å². The van der Waals surface area contributed by atoms with Crippen molar-refractivity contribution in [1.29, 1.82) is 0 Å². The summed E-state index contributed by atoms with van der Waals surface area (Å²) in [5, 5.41) is 21.9. The van der Waals surface area contributed by atoms with Crippen LogP contribution in [-0.2, 0) is 16.1 Å². The topological polar surface area (TPSA) is 92.5 Å². The lowest BCUT2D eigenvalue weighted by molar-refractivity contribution is -0.208. The molecule has 2 saturated heterocycles. The zero-order valence-corrected chi connectivity index (χ0v) is 15.4. The number of hydrogen-bond acceptors (Lipinski definition) is 6. The summed E-state index contributed by atoms with van der Waals surface area (Å²) in [5.74, 6) is 0.243. The zero-order chi connectivity index (χ0) is 18.2. The first kappa shape index (κ1) is 17.9. The van der Waals surface area contributed by atoms with Gasteiger partial charge in [-0.2, -0.15) is 0 Å². The fraction of sp³-hybridized carbons (Fsp3) is 0.833. The number of likely N-dealkylation sites (tertiary alicyclic amines) is 1. The third kappa shape index (κ3) is 3.50. The van der Waals surface area contributed by atoms with Gasteiger partial charge in [-0.05, 0) is 39.0 Å². The normalized spacial score (nSPS) is 31.8. The summed E-state index contributed by atoms with van der Waals surface area (Å²) in [6.07, 6.45) is 6.96. The highest BCUT2D eigenvalue weighted by atomic mass is 16.5. The number of amides is 1. The lowest BCUT2D eigenvalue weighted by atomic mass is 9.73. The lowest BCUT2D eigenvalue weighted by Crippen LogP contribution is -2.69. The van der Waals surface area contributed by atoms with Gasteiger partial charge in [0.05, 0.1) is 11.1 Å². The Morgan fingerprint density at radius 1 is 1.23 bits per heavy atom. The van der Waals surface area contributed by atoms with Gasteiger partial charge in [-0.1, -0.05) is 0 Å². The molecule has 144 valence electrons. The number of rotatable bonds is 5. The lowest BCUT2D eigenvalue weighted by Gasteiger charge is -2.53. The van der Waals surface area contributed by atoms with Crippen molar-refractivity contribution < 1.29 is 14.6 Å². The van der Waals surface area contributed by atoms with E-state index in [9.17, 15) is 9.90 Å². The van der Waals surface area contributed by atoms with Crippen molar-refractivity contribution in [2.75, 3.05) is 26.2 Å². The number of aliphatic hydroxyl groups excluding tert-OH is 1. The van der Waals surface area contributed by atoms with Crippen LogP contribution in [0.15, 0.2) is 12.7 Å². The van der Waals surface area contributed by atoms with E-state index < -0.39 is 17.2 Å². The van der Waals surface area contributed by atoms with Crippen LogP contribution in [0, 0.1) is 5.92 Å². The first-order chi connectivity index (χ1) is 12.5. The van der Waals surface area contributed by atoms with E-state index in [1.807, 2.05) is 11.5 Å². The van der Waals surface area contributed by atoms with E-state index >= 15 is 0 Å². The molecular formula is C18H29N5O3. The van der Waals surface area contributed by atoms with Gasteiger partial charge >= 0.3 is 0 Å². The van der Waals surface area contributed by atoms with Crippen molar-refractivity contribution in [3.63, 3.8) is 0 Å². The van der Waals surface area contributed by atoms with E-state index in [0.717, 1.165) is 51.9 Å². The highest BCUT2D eigenvalue weighted by molar-refractivity contribution is 5.81. The highest BCUT2D eigenvalue weighted by Crippen LogP contribution is 2.40. The van der Waals surface area contributed by atoms with Crippen LogP contribution in [-0.4, -0.2) is 74.2 Å². The van der Waals surface area contributed by atoms with Crippen LogP contribution in [0.5, 0.6) is 0 Å². The van der Waals surface area contributed by atoms with Crippen molar-refractivity contribution >= 4 is 5.91 Å². The van der Waals surface area contributed by atoms with Gasteiger partial charge in [-0.15, -0.1) is 10.2 Å². The van der Waals surface area contributed by atoms with Gasteiger partial charge in [0.25, 0.3) is 0 Å². The summed E-state index contributed by atoms with van der Waals surface area (Å²) < 4.78 is 8.09.